The third kappa shape index (κ3) is 3.28. The number of imidazole rings is 1. The van der Waals surface area contributed by atoms with Gasteiger partial charge >= 0.3 is 0 Å². The van der Waals surface area contributed by atoms with Crippen LogP contribution in [-0.2, 0) is 17.8 Å². The molecule has 1 aromatic heterocycles. The smallest absolute Gasteiger partial charge is 0.237 e. The quantitative estimate of drug-likeness (QED) is 0.916. The number of aromatic nitrogens is 2. The van der Waals surface area contributed by atoms with Gasteiger partial charge in [-0.05, 0) is 38.8 Å². The molecular formula is C16H26N4O. The molecule has 3 rings (SSSR count). The Morgan fingerprint density at radius 1 is 1.43 bits per heavy atom. The predicted molar refractivity (Wildman–Crippen MR) is 82.0 cm³/mol. The maximum atomic E-state index is 12.6. The summed E-state index contributed by atoms with van der Waals surface area (Å²) in [4.78, 5) is 19.3. The fourth-order valence-electron chi connectivity index (χ4n) is 3.62. The van der Waals surface area contributed by atoms with Crippen molar-refractivity contribution in [3.05, 3.63) is 18.2 Å². The summed E-state index contributed by atoms with van der Waals surface area (Å²) >= 11 is 0. The number of fused-ring (bicyclic) bond motifs is 1. The minimum atomic E-state index is 0.0860. The summed E-state index contributed by atoms with van der Waals surface area (Å²) in [6.07, 6.45) is 10.4. The van der Waals surface area contributed by atoms with Crippen LogP contribution in [0.5, 0.6) is 0 Å². The van der Waals surface area contributed by atoms with Crippen molar-refractivity contribution < 1.29 is 4.79 Å². The van der Waals surface area contributed by atoms with Gasteiger partial charge in [-0.15, -0.1) is 0 Å². The fraction of sp³-hybridized carbons (Fsp3) is 0.750. The molecule has 21 heavy (non-hydrogen) atoms. The van der Waals surface area contributed by atoms with E-state index in [1.54, 1.807) is 0 Å². The van der Waals surface area contributed by atoms with E-state index in [-0.39, 0.29) is 18.0 Å². The van der Waals surface area contributed by atoms with E-state index in [0.29, 0.717) is 0 Å². The van der Waals surface area contributed by atoms with E-state index in [2.05, 4.69) is 26.7 Å². The summed E-state index contributed by atoms with van der Waals surface area (Å²) in [6, 6.07) is 0.340. The second-order valence-electron chi connectivity index (χ2n) is 6.29. The van der Waals surface area contributed by atoms with Crippen LogP contribution in [-0.4, -0.2) is 45.5 Å². The van der Waals surface area contributed by atoms with E-state index in [0.717, 1.165) is 51.1 Å². The molecule has 5 nitrogen and oxygen atoms in total. The molecule has 0 aromatic carbocycles. The van der Waals surface area contributed by atoms with E-state index in [1.807, 2.05) is 12.4 Å². The Kier molecular flexibility index (Phi) is 4.58. The molecular weight excluding hydrogens is 264 g/mol. The number of aryl methyl sites for hydroxylation is 1. The molecule has 0 radical (unpaired) electrons. The minimum absolute atomic E-state index is 0.0860. The van der Waals surface area contributed by atoms with Crippen LogP contribution in [0.3, 0.4) is 0 Å². The third-order valence-electron chi connectivity index (χ3n) is 4.71. The molecule has 3 heterocycles. The molecule has 0 aliphatic carbocycles. The Balaban J connectivity index is 1.58. The predicted octanol–water partition coefficient (Wildman–Crippen LogP) is 1.58. The van der Waals surface area contributed by atoms with Crippen LogP contribution in [0.4, 0.5) is 0 Å². The number of carbonyl (C=O) groups excluding carboxylic acids is 1. The Hall–Kier alpha value is -1.36. The highest BCUT2D eigenvalue weighted by atomic mass is 16.2. The zero-order chi connectivity index (χ0) is 14.7. The van der Waals surface area contributed by atoms with E-state index in [9.17, 15) is 4.79 Å². The van der Waals surface area contributed by atoms with Gasteiger partial charge in [0.25, 0.3) is 0 Å². The molecule has 116 valence electrons. The lowest BCUT2D eigenvalue weighted by atomic mass is 10.00. The number of hydrogen-bond donors (Lipinski definition) is 1. The third-order valence-corrected chi connectivity index (χ3v) is 4.71. The largest absolute Gasteiger partial charge is 0.350 e. The van der Waals surface area contributed by atoms with Crippen LogP contribution in [0.2, 0.25) is 0 Å². The second kappa shape index (κ2) is 6.60. The van der Waals surface area contributed by atoms with Crippen molar-refractivity contribution in [2.24, 2.45) is 0 Å². The van der Waals surface area contributed by atoms with Crippen molar-refractivity contribution in [3.8, 4) is 0 Å². The molecule has 1 saturated heterocycles. The van der Waals surface area contributed by atoms with Gasteiger partial charge in [-0.1, -0.05) is 13.3 Å². The highest BCUT2D eigenvalue weighted by molar-refractivity contribution is 5.82. The summed E-state index contributed by atoms with van der Waals surface area (Å²) in [6.45, 7) is 5.16. The molecule has 1 amide bonds. The van der Waals surface area contributed by atoms with Gasteiger partial charge in [0.15, 0.2) is 0 Å². The highest BCUT2D eigenvalue weighted by Gasteiger charge is 2.30. The molecule has 0 bridgehead atoms. The maximum absolute atomic E-state index is 12.6. The summed E-state index contributed by atoms with van der Waals surface area (Å²) in [5, 5.41) is 3.28. The number of likely N-dealkylation sites (tertiary alicyclic amines) is 1. The summed E-state index contributed by atoms with van der Waals surface area (Å²) < 4.78 is 2.17. The number of carbonyl (C=O) groups is 1. The number of nitrogens with zero attached hydrogens (tertiary/aromatic N) is 3. The first kappa shape index (κ1) is 14.6. The molecule has 0 spiro atoms. The van der Waals surface area contributed by atoms with Crippen molar-refractivity contribution in [2.45, 2.75) is 64.1 Å². The average Bonchev–Trinajstić information content (AvgIpc) is 2.95. The molecule has 2 atom stereocenters. The van der Waals surface area contributed by atoms with Gasteiger partial charge in [0.1, 0.15) is 5.82 Å². The lowest BCUT2D eigenvalue weighted by Gasteiger charge is -2.36. The van der Waals surface area contributed by atoms with Crippen LogP contribution in [0, 0.1) is 0 Å². The number of amides is 1. The molecule has 5 heteroatoms. The van der Waals surface area contributed by atoms with Crippen molar-refractivity contribution >= 4 is 5.91 Å². The van der Waals surface area contributed by atoms with Crippen molar-refractivity contribution in [1.29, 1.82) is 0 Å². The van der Waals surface area contributed by atoms with Gasteiger partial charge < -0.3 is 9.88 Å². The van der Waals surface area contributed by atoms with Crippen LogP contribution >= 0.6 is 0 Å². The SMILES string of the molecule is CCCN1CCCCC1C(=O)NC1CCc2nccn2C1. The lowest BCUT2D eigenvalue weighted by molar-refractivity contribution is -0.128. The number of piperidine rings is 1. The molecule has 1 fully saturated rings. The topological polar surface area (TPSA) is 50.2 Å². The van der Waals surface area contributed by atoms with E-state index in [4.69, 9.17) is 0 Å². The van der Waals surface area contributed by atoms with Crippen LogP contribution in [0.1, 0.15) is 44.9 Å². The van der Waals surface area contributed by atoms with Crippen LogP contribution in [0.15, 0.2) is 12.4 Å². The van der Waals surface area contributed by atoms with E-state index in [1.165, 1.54) is 12.8 Å². The summed E-state index contributed by atoms with van der Waals surface area (Å²) in [5.74, 6) is 1.38. The van der Waals surface area contributed by atoms with Gasteiger partial charge in [-0.3, -0.25) is 9.69 Å². The van der Waals surface area contributed by atoms with Crippen LogP contribution in [0.25, 0.3) is 0 Å². The maximum Gasteiger partial charge on any atom is 0.237 e. The zero-order valence-corrected chi connectivity index (χ0v) is 12.9. The standard InChI is InChI=1S/C16H26N4O/c1-2-9-19-10-4-3-5-14(19)16(21)18-13-6-7-15-17-8-11-20(15)12-13/h8,11,13-14H,2-7,9-10,12H2,1H3,(H,18,21). The Labute approximate surface area is 126 Å². The molecule has 1 N–H and O–H groups in total. The van der Waals surface area contributed by atoms with Crippen molar-refractivity contribution in [1.82, 2.24) is 19.8 Å². The monoisotopic (exact) mass is 290 g/mol. The van der Waals surface area contributed by atoms with Gasteiger partial charge in [0.2, 0.25) is 5.91 Å². The summed E-state index contributed by atoms with van der Waals surface area (Å²) in [7, 11) is 0. The first-order valence-electron chi connectivity index (χ1n) is 8.32. The van der Waals surface area contributed by atoms with Gasteiger partial charge in [-0.25, -0.2) is 4.98 Å². The number of hydrogen-bond acceptors (Lipinski definition) is 3. The molecule has 2 unspecified atom stereocenters. The minimum Gasteiger partial charge on any atom is -0.350 e. The zero-order valence-electron chi connectivity index (χ0n) is 12.9. The van der Waals surface area contributed by atoms with Crippen molar-refractivity contribution in [2.75, 3.05) is 13.1 Å². The highest BCUT2D eigenvalue weighted by Crippen LogP contribution is 2.19. The number of rotatable bonds is 4. The normalized spacial score (nSPS) is 26.3. The van der Waals surface area contributed by atoms with E-state index < -0.39 is 0 Å². The number of nitrogens with one attached hydrogen (secondary N) is 1. The van der Waals surface area contributed by atoms with Gasteiger partial charge in [0, 0.05) is 31.4 Å². The average molecular weight is 290 g/mol. The van der Waals surface area contributed by atoms with Gasteiger partial charge in [-0.2, -0.15) is 0 Å². The summed E-state index contributed by atoms with van der Waals surface area (Å²) in [5.41, 5.74) is 0. The fourth-order valence-corrected chi connectivity index (χ4v) is 3.62. The molecule has 2 aliphatic rings. The molecule has 1 aromatic rings. The van der Waals surface area contributed by atoms with Crippen molar-refractivity contribution in [3.63, 3.8) is 0 Å². The lowest BCUT2D eigenvalue weighted by Crippen LogP contribution is -2.53. The second-order valence-corrected chi connectivity index (χ2v) is 6.29. The van der Waals surface area contributed by atoms with E-state index >= 15 is 0 Å². The Morgan fingerprint density at radius 3 is 3.19 bits per heavy atom. The van der Waals surface area contributed by atoms with Gasteiger partial charge in [0.05, 0.1) is 6.04 Å². The molecule has 2 aliphatic heterocycles. The first-order chi connectivity index (χ1) is 10.3. The first-order valence-corrected chi connectivity index (χ1v) is 8.32. The Morgan fingerprint density at radius 2 is 2.33 bits per heavy atom. The Bertz CT molecular complexity index is 482. The van der Waals surface area contributed by atoms with Crippen LogP contribution < -0.4 is 5.32 Å². The molecule has 0 saturated carbocycles.